The van der Waals surface area contributed by atoms with E-state index in [1.54, 1.807) is 31.2 Å². The van der Waals surface area contributed by atoms with Crippen molar-refractivity contribution >= 4 is 33.2 Å². The van der Waals surface area contributed by atoms with Crippen molar-refractivity contribution in [1.29, 1.82) is 0 Å². The number of hydrogen-bond donors (Lipinski definition) is 2. The Bertz CT molecular complexity index is 882. The number of carbonyl (C=O) groups is 1. The molecule has 0 spiro atoms. The summed E-state index contributed by atoms with van der Waals surface area (Å²) in [4.78, 5) is 12.0. The summed E-state index contributed by atoms with van der Waals surface area (Å²) in [5.41, 5.74) is 1.88. The van der Waals surface area contributed by atoms with Gasteiger partial charge < -0.3 is 10.1 Å². The number of primary sulfonamides is 1. The van der Waals surface area contributed by atoms with E-state index >= 15 is 0 Å². The fraction of sp³-hybridized carbons (Fsp3) is 0.188. The highest BCUT2D eigenvalue weighted by atomic mass is 35.5. The Balaban J connectivity index is 2.07. The third-order valence-electron chi connectivity index (χ3n) is 3.31. The fourth-order valence-corrected chi connectivity index (χ4v) is 2.78. The summed E-state index contributed by atoms with van der Waals surface area (Å²) in [5, 5.41) is 8.29. The highest BCUT2D eigenvalue weighted by molar-refractivity contribution is 7.89. The standard InChI is InChI=1S/C16H17ClN2O4S/c1-10-3-5-13(24(18,21)22)8-14(10)19-16(20)9-23-15-6-4-12(17)7-11(15)2/h3-8H,9H2,1-2H3,(H,19,20)(H2,18,21,22). The van der Waals surface area contributed by atoms with Gasteiger partial charge in [-0.3, -0.25) is 4.79 Å². The van der Waals surface area contributed by atoms with Gasteiger partial charge in [0.25, 0.3) is 5.91 Å². The van der Waals surface area contributed by atoms with E-state index in [0.29, 0.717) is 22.0 Å². The molecule has 24 heavy (non-hydrogen) atoms. The molecule has 6 nitrogen and oxygen atoms in total. The normalized spacial score (nSPS) is 11.2. The minimum absolute atomic E-state index is 0.0714. The highest BCUT2D eigenvalue weighted by Crippen LogP contribution is 2.22. The van der Waals surface area contributed by atoms with Gasteiger partial charge in [-0.1, -0.05) is 17.7 Å². The van der Waals surface area contributed by atoms with Gasteiger partial charge in [-0.25, -0.2) is 13.6 Å². The first-order valence-corrected chi connectivity index (χ1v) is 8.91. The molecule has 0 fully saturated rings. The lowest BCUT2D eigenvalue weighted by Crippen LogP contribution is -2.21. The van der Waals surface area contributed by atoms with E-state index in [4.69, 9.17) is 21.5 Å². The molecular weight excluding hydrogens is 352 g/mol. The Labute approximate surface area is 145 Å². The molecule has 0 aliphatic heterocycles. The maximum atomic E-state index is 12.0. The molecule has 0 saturated carbocycles. The largest absolute Gasteiger partial charge is 0.483 e. The number of halogens is 1. The zero-order chi connectivity index (χ0) is 17.9. The van der Waals surface area contributed by atoms with Crippen LogP contribution in [0.3, 0.4) is 0 Å². The Hall–Kier alpha value is -2.09. The molecule has 2 rings (SSSR count). The van der Waals surface area contributed by atoms with Crippen molar-refractivity contribution in [2.45, 2.75) is 18.7 Å². The maximum absolute atomic E-state index is 12.0. The molecule has 2 aromatic carbocycles. The zero-order valence-corrected chi connectivity index (χ0v) is 14.7. The van der Waals surface area contributed by atoms with Crippen molar-refractivity contribution < 1.29 is 17.9 Å². The first kappa shape index (κ1) is 18.3. The van der Waals surface area contributed by atoms with Crippen molar-refractivity contribution in [2.75, 3.05) is 11.9 Å². The van der Waals surface area contributed by atoms with Gasteiger partial charge in [0, 0.05) is 10.7 Å². The Morgan fingerprint density at radius 3 is 2.50 bits per heavy atom. The summed E-state index contributed by atoms with van der Waals surface area (Å²) in [6.07, 6.45) is 0. The Morgan fingerprint density at radius 1 is 1.17 bits per heavy atom. The topological polar surface area (TPSA) is 98.5 Å². The lowest BCUT2D eigenvalue weighted by Gasteiger charge is -2.12. The van der Waals surface area contributed by atoms with Crippen LogP contribution in [0.25, 0.3) is 0 Å². The van der Waals surface area contributed by atoms with Crippen LogP contribution in [0.15, 0.2) is 41.3 Å². The Morgan fingerprint density at radius 2 is 1.88 bits per heavy atom. The molecule has 0 atom stereocenters. The molecule has 0 bridgehead atoms. The number of aryl methyl sites for hydroxylation is 2. The molecule has 0 unspecified atom stereocenters. The van der Waals surface area contributed by atoms with Gasteiger partial charge in [-0.05, 0) is 55.3 Å². The van der Waals surface area contributed by atoms with Crippen molar-refractivity contribution in [3.63, 3.8) is 0 Å². The first-order chi connectivity index (χ1) is 11.2. The summed E-state index contributed by atoms with van der Waals surface area (Å²) < 4.78 is 28.2. The molecular formula is C16H17ClN2O4S. The molecule has 3 N–H and O–H groups in total. The number of amides is 1. The van der Waals surface area contributed by atoms with Crippen LogP contribution in [0.4, 0.5) is 5.69 Å². The van der Waals surface area contributed by atoms with Gasteiger partial charge in [-0.2, -0.15) is 0 Å². The summed E-state index contributed by atoms with van der Waals surface area (Å²) in [6.45, 7) is 3.34. The van der Waals surface area contributed by atoms with Gasteiger partial charge in [0.15, 0.2) is 6.61 Å². The SMILES string of the molecule is Cc1ccc(S(N)(=O)=O)cc1NC(=O)COc1ccc(Cl)cc1C. The van der Waals surface area contributed by atoms with Gasteiger partial charge >= 0.3 is 0 Å². The number of ether oxygens (including phenoxy) is 1. The molecule has 0 saturated heterocycles. The highest BCUT2D eigenvalue weighted by Gasteiger charge is 2.12. The third kappa shape index (κ3) is 4.70. The maximum Gasteiger partial charge on any atom is 0.262 e. The number of carbonyl (C=O) groups excluding carboxylic acids is 1. The van der Waals surface area contributed by atoms with E-state index in [-0.39, 0.29) is 11.5 Å². The second-order valence-electron chi connectivity index (χ2n) is 5.27. The predicted molar refractivity (Wildman–Crippen MR) is 92.9 cm³/mol. The molecule has 0 radical (unpaired) electrons. The second-order valence-corrected chi connectivity index (χ2v) is 7.27. The summed E-state index contributed by atoms with van der Waals surface area (Å²) in [7, 11) is -3.84. The van der Waals surface area contributed by atoms with Crippen LogP contribution in [-0.2, 0) is 14.8 Å². The molecule has 0 aliphatic rings. The average Bonchev–Trinajstić information content (AvgIpc) is 2.47. The van der Waals surface area contributed by atoms with Gasteiger partial charge in [-0.15, -0.1) is 0 Å². The van der Waals surface area contributed by atoms with Crippen LogP contribution in [0, 0.1) is 13.8 Å². The number of nitrogens with one attached hydrogen (secondary N) is 1. The van der Waals surface area contributed by atoms with E-state index in [1.165, 1.54) is 12.1 Å². The second kappa shape index (κ2) is 7.21. The van der Waals surface area contributed by atoms with Crippen molar-refractivity contribution in [3.05, 3.63) is 52.5 Å². The van der Waals surface area contributed by atoms with E-state index in [0.717, 1.165) is 5.56 Å². The molecule has 2 aromatic rings. The van der Waals surface area contributed by atoms with Gasteiger partial charge in [0.2, 0.25) is 10.0 Å². The fourth-order valence-electron chi connectivity index (χ4n) is 2.02. The minimum Gasteiger partial charge on any atom is -0.483 e. The monoisotopic (exact) mass is 368 g/mol. The summed E-state index contributed by atoms with van der Waals surface area (Å²) >= 11 is 5.86. The zero-order valence-electron chi connectivity index (χ0n) is 13.2. The smallest absolute Gasteiger partial charge is 0.262 e. The average molecular weight is 369 g/mol. The minimum atomic E-state index is -3.84. The van der Waals surface area contributed by atoms with Crippen molar-refractivity contribution in [1.82, 2.24) is 0 Å². The number of anilines is 1. The lowest BCUT2D eigenvalue weighted by atomic mass is 10.2. The van der Waals surface area contributed by atoms with Crippen LogP contribution in [-0.4, -0.2) is 20.9 Å². The van der Waals surface area contributed by atoms with Gasteiger partial charge in [0.05, 0.1) is 4.90 Å². The van der Waals surface area contributed by atoms with E-state index in [2.05, 4.69) is 5.32 Å². The van der Waals surface area contributed by atoms with Crippen LogP contribution >= 0.6 is 11.6 Å². The van der Waals surface area contributed by atoms with Gasteiger partial charge in [0.1, 0.15) is 5.75 Å². The van der Waals surface area contributed by atoms with Crippen molar-refractivity contribution in [2.24, 2.45) is 5.14 Å². The van der Waals surface area contributed by atoms with E-state index < -0.39 is 15.9 Å². The van der Waals surface area contributed by atoms with Crippen LogP contribution in [0.2, 0.25) is 5.02 Å². The molecule has 128 valence electrons. The molecule has 8 heteroatoms. The number of rotatable bonds is 5. The quantitative estimate of drug-likeness (QED) is 0.847. The van der Waals surface area contributed by atoms with Crippen LogP contribution in [0.1, 0.15) is 11.1 Å². The number of sulfonamides is 1. The lowest BCUT2D eigenvalue weighted by molar-refractivity contribution is -0.118. The molecule has 0 heterocycles. The molecule has 1 amide bonds. The number of nitrogens with two attached hydrogens (primary N) is 1. The molecule has 0 aliphatic carbocycles. The number of hydrogen-bond acceptors (Lipinski definition) is 4. The number of benzene rings is 2. The predicted octanol–water partition coefficient (Wildman–Crippen LogP) is 2.62. The Kier molecular flexibility index (Phi) is 5.48. The van der Waals surface area contributed by atoms with Crippen LogP contribution < -0.4 is 15.2 Å². The van der Waals surface area contributed by atoms with E-state index in [9.17, 15) is 13.2 Å². The van der Waals surface area contributed by atoms with Crippen LogP contribution in [0.5, 0.6) is 5.75 Å². The summed E-state index contributed by atoms with van der Waals surface area (Å²) in [5.74, 6) is 0.128. The first-order valence-electron chi connectivity index (χ1n) is 6.99. The summed E-state index contributed by atoms with van der Waals surface area (Å²) in [6, 6.07) is 9.34. The van der Waals surface area contributed by atoms with Crippen molar-refractivity contribution in [3.8, 4) is 5.75 Å². The third-order valence-corrected chi connectivity index (χ3v) is 4.45. The molecule has 0 aromatic heterocycles. The van der Waals surface area contributed by atoms with E-state index in [1.807, 2.05) is 6.92 Å².